The van der Waals surface area contributed by atoms with Crippen molar-refractivity contribution in [3.05, 3.63) is 11.3 Å². The molecule has 6 heterocycles. The summed E-state index contributed by atoms with van der Waals surface area (Å²) in [7, 11) is 0. The van der Waals surface area contributed by atoms with E-state index in [2.05, 4.69) is 20.1 Å². The molecule has 0 saturated carbocycles. The second kappa shape index (κ2) is 8.96. The van der Waals surface area contributed by atoms with Crippen molar-refractivity contribution < 1.29 is 23.5 Å². The summed E-state index contributed by atoms with van der Waals surface area (Å²) < 4.78 is 26.1. The third-order valence-corrected chi connectivity index (χ3v) is 8.46. The van der Waals surface area contributed by atoms with E-state index in [1.165, 1.54) is 0 Å². The molecule has 0 spiro atoms. The topological polar surface area (TPSA) is 100 Å². The summed E-state index contributed by atoms with van der Waals surface area (Å²) in [6, 6.07) is 0.204. The molecule has 2 amide bonds. The summed E-state index contributed by atoms with van der Waals surface area (Å²) in [6.45, 7) is 9.04. The summed E-state index contributed by atoms with van der Waals surface area (Å²) in [5.74, 6) is 0.488. The molecule has 11 heteroatoms. The van der Waals surface area contributed by atoms with Gasteiger partial charge in [0.15, 0.2) is 0 Å². The van der Waals surface area contributed by atoms with Crippen LogP contribution >= 0.6 is 0 Å². The van der Waals surface area contributed by atoms with Gasteiger partial charge in [0, 0.05) is 38.2 Å². The van der Waals surface area contributed by atoms with Crippen LogP contribution in [0, 0.1) is 0 Å². The van der Waals surface area contributed by atoms with E-state index >= 15 is 0 Å². The molecule has 0 radical (unpaired) electrons. The van der Waals surface area contributed by atoms with E-state index in [0.29, 0.717) is 57.1 Å². The Kier molecular flexibility index (Phi) is 5.96. The highest BCUT2D eigenvalue weighted by molar-refractivity contribution is 5.96. The van der Waals surface area contributed by atoms with E-state index in [1.54, 1.807) is 0 Å². The van der Waals surface area contributed by atoms with Gasteiger partial charge in [0.1, 0.15) is 29.9 Å². The van der Waals surface area contributed by atoms with Crippen LogP contribution in [0.5, 0.6) is 6.01 Å². The second-order valence-corrected chi connectivity index (χ2v) is 12.2. The predicted molar refractivity (Wildman–Crippen MR) is 134 cm³/mol. The standard InChI is InChI=1S/C26H37FN6O4/c1-25(2,3)37-24(35)33-17-5-6-18(33)14-31(13-17)21-19-7-9-28-22(34)20(19)29-23(30-21)36-15-26-8-4-10-32(26)12-16(27)11-26/h16-18H,4-15H2,1-3H3,(H,28,34)/t16-,17?,18?,26+/m1/s1. The van der Waals surface area contributed by atoms with Crippen molar-refractivity contribution in [2.75, 3.05) is 44.2 Å². The summed E-state index contributed by atoms with van der Waals surface area (Å²) in [4.78, 5) is 41.3. The van der Waals surface area contributed by atoms with Crippen LogP contribution < -0.4 is 15.0 Å². The molecule has 5 aliphatic rings. The number of piperazine rings is 1. The molecule has 2 bridgehead atoms. The SMILES string of the molecule is CC(C)(C)OC(=O)N1C2CCC1CN(c1nc(OC[C@@]34CCCN3C[C@H](F)C4)nc3c1CCNC3=O)C2. The Morgan fingerprint density at radius 2 is 1.95 bits per heavy atom. The van der Waals surface area contributed by atoms with E-state index in [1.807, 2.05) is 25.7 Å². The molecule has 1 N–H and O–H groups in total. The molecule has 10 nitrogen and oxygen atoms in total. The molecule has 1 aromatic rings. The summed E-state index contributed by atoms with van der Waals surface area (Å²) >= 11 is 0. The Labute approximate surface area is 216 Å². The first-order valence-electron chi connectivity index (χ1n) is 13.6. The molecule has 2 unspecified atom stereocenters. The number of carbonyl (C=O) groups excluding carboxylic acids is 2. The fourth-order valence-corrected chi connectivity index (χ4v) is 6.92. The molecular weight excluding hydrogens is 479 g/mol. The fourth-order valence-electron chi connectivity index (χ4n) is 6.92. The lowest BCUT2D eigenvalue weighted by Gasteiger charge is -2.42. The lowest BCUT2D eigenvalue weighted by molar-refractivity contribution is 0.0122. The third kappa shape index (κ3) is 4.49. The van der Waals surface area contributed by atoms with Crippen LogP contribution in [0.15, 0.2) is 0 Å². The number of rotatable bonds is 4. The van der Waals surface area contributed by atoms with E-state index < -0.39 is 11.8 Å². The number of ether oxygens (including phenoxy) is 2. The minimum atomic E-state index is -0.841. The van der Waals surface area contributed by atoms with Crippen molar-refractivity contribution in [2.45, 2.75) is 88.7 Å². The van der Waals surface area contributed by atoms with Crippen molar-refractivity contribution >= 4 is 17.8 Å². The highest BCUT2D eigenvalue weighted by Gasteiger charge is 2.50. The maximum absolute atomic E-state index is 14.2. The van der Waals surface area contributed by atoms with Crippen LogP contribution in [-0.4, -0.2) is 100 Å². The minimum absolute atomic E-state index is 0.0203. The van der Waals surface area contributed by atoms with Crippen LogP contribution in [0.1, 0.15) is 68.9 Å². The average Bonchev–Trinajstić information content (AvgIpc) is 3.44. The maximum Gasteiger partial charge on any atom is 0.410 e. The molecule has 202 valence electrons. The van der Waals surface area contributed by atoms with E-state index in [4.69, 9.17) is 14.5 Å². The third-order valence-electron chi connectivity index (χ3n) is 8.46. The van der Waals surface area contributed by atoms with Crippen LogP contribution in [-0.2, 0) is 11.2 Å². The van der Waals surface area contributed by atoms with Gasteiger partial charge in [-0.3, -0.25) is 14.6 Å². The van der Waals surface area contributed by atoms with Crippen molar-refractivity contribution in [1.82, 2.24) is 25.1 Å². The molecule has 4 fully saturated rings. The Balaban J connectivity index is 1.25. The molecular formula is C26H37FN6O4. The monoisotopic (exact) mass is 516 g/mol. The average molecular weight is 517 g/mol. The number of hydrogen-bond acceptors (Lipinski definition) is 8. The maximum atomic E-state index is 14.2. The molecule has 1 aromatic heterocycles. The van der Waals surface area contributed by atoms with Gasteiger partial charge in [0.05, 0.1) is 17.6 Å². The van der Waals surface area contributed by atoms with Crippen LogP contribution in [0.4, 0.5) is 15.0 Å². The number of hydrogen-bond donors (Lipinski definition) is 1. The lowest BCUT2D eigenvalue weighted by Crippen LogP contribution is -2.57. The van der Waals surface area contributed by atoms with Gasteiger partial charge in [-0.15, -0.1) is 0 Å². The molecule has 0 aromatic carbocycles. The number of nitrogens with one attached hydrogen (secondary N) is 1. The van der Waals surface area contributed by atoms with Gasteiger partial charge in [-0.2, -0.15) is 9.97 Å². The summed E-state index contributed by atoms with van der Waals surface area (Å²) in [5, 5.41) is 2.88. The van der Waals surface area contributed by atoms with E-state index in [9.17, 15) is 14.0 Å². The van der Waals surface area contributed by atoms with E-state index in [-0.39, 0.29) is 35.6 Å². The van der Waals surface area contributed by atoms with Crippen LogP contribution in [0.3, 0.4) is 0 Å². The Bertz CT molecular complexity index is 1080. The Hall–Kier alpha value is -2.69. The number of amides is 2. The van der Waals surface area contributed by atoms with Crippen LogP contribution in [0.25, 0.3) is 0 Å². The number of halogens is 1. The first-order valence-corrected chi connectivity index (χ1v) is 13.6. The fraction of sp³-hybridized carbons (Fsp3) is 0.769. The molecule has 0 aliphatic carbocycles. The Morgan fingerprint density at radius 1 is 1.19 bits per heavy atom. The summed E-state index contributed by atoms with van der Waals surface area (Å²) in [5.41, 5.74) is 0.309. The molecule has 4 atom stereocenters. The molecule has 6 rings (SSSR count). The summed E-state index contributed by atoms with van der Waals surface area (Å²) in [6.07, 6.45) is 3.71. The number of alkyl halides is 1. The first-order chi connectivity index (χ1) is 17.6. The van der Waals surface area contributed by atoms with Crippen molar-refractivity contribution in [3.63, 3.8) is 0 Å². The number of nitrogens with zero attached hydrogens (tertiary/aromatic N) is 5. The van der Waals surface area contributed by atoms with Gasteiger partial charge in [-0.1, -0.05) is 0 Å². The van der Waals surface area contributed by atoms with Gasteiger partial charge >= 0.3 is 12.1 Å². The number of anilines is 1. The van der Waals surface area contributed by atoms with Gasteiger partial charge in [-0.25, -0.2) is 9.18 Å². The van der Waals surface area contributed by atoms with Crippen molar-refractivity contribution in [1.29, 1.82) is 0 Å². The normalized spacial score (nSPS) is 31.2. The van der Waals surface area contributed by atoms with Gasteiger partial charge in [0.2, 0.25) is 0 Å². The highest BCUT2D eigenvalue weighted by Crippen LogP contribution is 2.41. The number of aromatic nitrogens is 2. The van der Waals surface area contributed by atoms with Crippen LogP contribution in [0.2, 0.25) is 0 Å². The number of fused-ring (bicyclic) bond motifs is 4. The highest BCUT2D eigenvalue weighted by atomic mass is 19.1. The smallest absolute Gasteiger partial charge is 0.410 e. The van der Waals surface area contributed by atoms with Crippen molar-refractivity contribution in [3.8, 4) is 6.01 Å². The molecule has 37 heavy (non-hydrogen) atoms. The first kappa shape index (κ1) is 24.6. The quantitative estimate of drug-likeness (QED) is 0.651. The largest absolute Gasteiger partial charge is 0.461 e. The predicted octanol–water partition coefficient (Wildman–Crippen LogP) is 2.31. The zero-order chi connectivity index (χ0) is 25.9. The minimum Gasteiger partial charge on any atom is -0.461 e. The molecule has 4 saturated heterocycles. The van der Waals surface area contributed by atoms with Gasteiger partial charge in [-0.05, 0) is 59.4 Å². The zero-order valence-corrected chi connectivity index (χ0v) is 22.0. The Morgan fingerprint density at radius 3 is 2.68 bits per heavy atom. The lowest BCUT2D eigenvalue weighted by atomic mass is 9.95. The zero-order valence-electron chi connectivity index (χ0n) is 22.0. The van der Waals surface area contributed by atoms with Gasteiger partial charge < -0.3 is 19.7 Å². The van der Waals surface area contributed by atoms with Crippen molar-refractivity contribution in [2.24, 2.45) is 0 Å². The molecule has 5 aliphatic heterocycles. The van der Waals surface area contributed by atoms with Gasteiger partial charge in [0.25, 0.3) is 5.91 Å². The number of carbonyl (C=O) groups is 2. The van der Waals surface area contributed by atoms with E-state index in [0.717, 1.165) is 37.8 Å². The second-order valence-electron chi connectivity index (χ2n) is 12.2.